The first-order valence-corrected chi connectivity index (χ1v) is 8.51. The van der Waals surface area contributed by atoms with Crippen LogP contribution in [0, 0.1) is 5.92 Å². The van der Waals surface area contributed by atoms with E-state index in [1.54, 1.807) is 25.1 Å². The van der Waals surface area contributed by atoms with Gasteiger partial charge in [0.15, 0.2) is 0 Å². The third-order valence-electron chi connectivity index (χ3n) is 2.77. The number of nitrogens with one attached hydrogen (secondary N) is 1. The zero-order valence-corrected chi connectivity index (χ0v) is 14.8. The van der Waals surface area contributed by atoms with E-state index in [4.69, 9.17) is 23.2 Å². The van der Waals surface area contributed by atoms with E-state index in [-0.39, 0.29) is 18.2 Å². The van der Waals surface area contributed by atoms with Gasteiger partial charge in [-0.3, -0.25) is 4.79 Å². The van der Waals surface area contributed by atoms with Crippen LogP contribution in [0.15, 0.2) is 23.1 Å². The fourth-order valence-corrected chi connectivity index (χ4v) is 3.35. The maximum Gasteiger partial charge on any atom is 0.230 e. The predicted octanol–water partition coefficient (Wildman–Crippen LogP) is 4.00. The summed E-state index contributed by atoms with van der Waals surface area (Å²) in [4.78, 5) is 12.6. The van der Waals surface area contributed by atoms with E-state index in [9.17, 15) is 9.90 Å². The number of aliphatic hydroxyl groups is 1. The van der Waals surface area contributed by atoms with Gasteiger partial charge in [-0.2, -0.15) is 0 Å². The summed E-state index contributed by atoms with van der Waals surface area (Å²) in [7, 11) is 0. The average molecular weight is 350 g/mol. The highest BCUT2D eigenvalue weighted by molar-refractivity contribution is 8.00. The van der Waals surface area contributed by atoms with Crippen molar-refractivity contribution < 1.29 is 9.90 Å². The molecule has 6 heteroatoms. The molecule has 0 spiro atoms. The van der Waals surface area contributed by atoms with E-state index in [1.165, 1.54) is 11.8 Å². The number of hydrogen-bond acceptors (Lipinski definition) is 3. The molecule has 1 aromatic carbocycles. The normalized spacial score (nSPS) is 14.0. The van der Waals surface area contributed by atoms with E-state index < -0.39 is 5.60 Å². The molecular weight excluding hydrogens is 329 g/mol. The van der Waals surface area contributed by atoms with Crippen LogP contribution in [0.3, 0.4) is 0 Å². The largest absolute Gasteiger partial charge is 0.388 e. The second kappa shape index (κ2) is 8.28. The van der Waals surface area contributed by atoms with E-state index in [0.29, 0.717) is 22.4 Å². The Hall–Kier alpha value is -0.420. The quantitative estimate of drug-likeness (QED) is 0.731. The smallest absolute Gasteiger partial charge is 0.230 e. The number of hydrogen-bond donors (Lipinski definition) is 2. The van der Waals surface area contributed by atoms with Gasteiger partial charge in [-0.15, -0.1) is 11.8 Å². The fourth-order valence-electron chi connectivity index (χ4n) is 2.02. The van der Waals surface area contributed by atoms with Crippen molar-refractivity contribution in [2.24, 2.45) is 5.92 Å². The Kier molecular flexibility index (Phi) is 7.34. The number of thioether (sulfide) groups is 1. The first-order valence-electron chi connectivity index (χ1n) is 6.76. The Bertz CT molecular complexity index is 493. The molecule has 1 atom stereocenters. The molecule has 1 aromatic rings. The molecule has 1 amide bonds. The van der Waals surface area contributed by atoms with Crippen LogP contribution in [-0.4, -0.2) is 28.9 Å². The summed E-state index contributed by atoms with van der Waals surface area (Å²) >= 11 is 13.3. The van der Waals surface area contributed by atoms with E-state index in [1.807, 2.05) is 13.8 Å². The number of benzene rings is 1. The van der Waals surface area contributed by atoms with Crippen LogP contribution in [-0.2, 0) is 4.79 Å². The van der Waals surface area contributed by atoms with Crippen molar-refractivity contribution in [2.45, 2.75) is 37.7 Å². The van der Waals surface area contributed by atoms with E-state index in [0.717, 1.165) is 4.90 Å². The second-order valence-electron chi connectivity index (χ2n) is 5.74. The van der Waals surface area contributed by atoms with Crippen molar-refractivity contribution in [1.82, 2.24) is 5.32 Å². The van der Waals surface area contributed by atoms with Crippen LogP contribution in [0.5, 0.6) is 0 Å². The third kappa shape index (κ3) is 7.41. The van der Waals surface area contributed by atoms with Gasteiger partial charge in [0.25, 0.3) is 0 Å². The summed E-state index contributed by atoms with van der Waals surface area (Å²) in [6.45, 7) is 6.04. The lowest BCUT2D eigenvalue weighted by Gasteiger charge is -2.25. The number of halogens is 2. The van der Waals surface area contributed by atoms with E-state index >= 15 is 0 Å². The SMILES string of the molecule is CC(C)CC(C)(O)CNC(=O)CSc1cc(Cl)ccc1Cl. The summed E-state index contributed by atoms with van der Waals surface area (Å²) in [5.74, 6) is 0.467. The summed E-state index contributed by atoms with van der Waals surface area (Å²) in [5.41, 5.74) is -0.887. The maximum absolute atomic E-state index is 11.8. The molecule has 0 saturated carbocycles. The molecular formula is C15H21Cl2NO2S. The van der Waals surface area contributed by atoms with Gasteiger partial charge in [-0.25, -0.2) is 0 Å². The highest BCUT2D eigenvalue weighted by Gasteiger charge is 2.22. The van der Waals surface area contributed by atoms with Gasteiger partial charge in [0, 0.05) is 16.5 Å². The van der Waals surface area contributed by atoms with Crippen molar-refractivity contribution in [3.8, 4) is 0 Å². The second-order valence-corrected chi connectivity index (χ2v) is 7.60. The molecule has 0 radical (unpaired) electrons. The van der Waals surface area contributed by atoms with Crippen molar-refractivity contribution in [1.29, 1.82) is 0 Å². The number of carbonyl (C=O) groups is 1. The lowest BCUT2D eigenvalue weighted by molar-refractivity contribution is -0.119. The van der Waals surface area contributed by atoms with Gasteiger partial charge in [-0.05, 0) is 37.5 Å². The van der Waals surface area contributed by atoms with Crippen molar-refractivity contribution in [3.05, 3.63) is 28.2 Å². The highest BCUT2D eigenvalue weighted by Crippen LogP contribution is 2.29. The fraction of sp³-hybridized carbons (Fsp3) is 0.533. The van der Waals surface area contributed by atoms with Crippen LogP contribution in [0.4, 0.5) is 0 Å². The minimum Gasteiger partial charge on any atom is -0.388 e. The summed E-state index contributed by atoms with van der Waals surface area (Å²) < 4.78 is 0. The summed E-state index contributed by atoms with van der Waals surface area (Å²) in [5, 5.41) is 14.0. The monoisotopic (exact) mass is 349 g/mol. The Morgan fingerprint density at radius 3 is 2.71 bits per heavy atom. The zero-order valence-electron chi connectivity index (χ0n) is 12.5. The first kappa shape index (κ1) is 18.6. The van der Waals surface area contributed by atoms with Crippen molar-refractivity contribution >= 4 is 40.9 Å². The Morgan fingerprint density at radius 1 is 1.43 bits per heavy atom. The van der Waals surface area contributed by atoms with Gasteiger partial charge >= 0.3 is 0 Å². The van der Waals surface area contributed by atoms with Gasteiger partial charge in [0.05, 0.1) is 16.4 Å². The van der Waals surface area contributed by atoms with Gasteiger partial charge < -0.3 is 10.4 Å². The molecule has 21 heavy (non-hydrogen) atoms. The minimum atomic E-state index is -0.887. The van der Waals surface area contributed by atoms with E-state index in [2.05, 4.69) is 5.32 Å². The van der Waals surface area contributed by atoms with Crippen molar-refractivity contribution in [3.63, 3.8) is 0 Å². The lowest BCUT2D eigenvalue weighted by atomic mass is 9.94. The van der Waals surface area contributed by atoms with Gasteiger partial charge in [0.2, 0.25) is 5.91 Å². The standard InChI is InChI=1S/C15H21Cl2NO2S/c1-10(2)7-15(3,20)9-18-14(19)8-21-13-6-11(16)4-5-12(13)17/h4-6,10,20H,7-9H2,1-3H3,(H,18,19). The number of carbonyl (C=O) groups excluding carboxylic acids is 1. The number of amides is 1. The topological polar surface area (TPSA) is 49.3 Å². The predicted molar refractivity (Wildman–Crippen MR) is 90.3 cm³/mol. The molecule has 3 nitrogen and oxygen atoms in total. The van der Waals surface area contributed by atoms with Crippen LogP contribution < -0.4 is 5.32 Å². The molecule has 0 aliphatic carbocycles. The molecule has 0 bridgehead atoms. The van der Waals surface area contributed by atoms with Crippen LogP contribution in [0.25, 0.3) is 0 Å². The minimum absolute atomic E-state index is 0.139. The molecule has 0 fully saturated rings. The van der Waals surface area contributed by atoms with Gasteiger partial charge in [0.1, 0.15) is 0 Å². The summed E-state index contributed by atoms with van der Waals surface area (Å²) in [6, 6.07) is 5.14. The Balaban J connectivity index is 2.42. The molecule has 118 valence electrons. The Morgan fingerprint density at radius 2 is 2.10 bits per heavy atom. The molecule has 1 rings (SSSR count). The maximum atomic E-state index is 11.8. The molecule has 0 heterocycles. The molecule has 0 saturated heterocycles. The third-order valence-corrected chi connectivity index (χ3v) is 4.50. The first-order chi connectivity index (χ1) is 9.69. The van der Waals surface area contributed by atoms with Crippen LogP contribution in [0.1, 0.15) is 27.2 Å². The van der Waals surface area contributed by atoms with Crippen molar-refractivity contribution in [2.75, 3.05) is 12.3 Å². The highest BCUT2D eigenvalue weighted by atomic mass is 35.5. The molecule has 0 aliphatic rings. The van der Waals surface area contributed by atoms with Gasteiger partial charge in [-0.1, -0.05) is 37.0 Å². The average Bonchev–Trinajstić information content (AvgIpc) is 2.36. The van der Waals surface area contributed by atoms with Crippen LogP contribution in [0.2, 0.25) is 10.0 Å². The zero-order chi connectivity index (χ0) is 16.0. The molecule has 1 unspecified atom stereocenters. The molecule has 0 aliphatic heterocycles. The Labute approximate surface area is 140 Å². The summed E-state index contributed by atoms with van der Waals surface area (Å²) in [6.07, 6.45) is 0.639. The molecule has 0 aromatic heterocycles. The molecule has 2 N–H and O–H groups in total. The van der Waals surface area contributed by atoms with Crippen LogP contribution >= 0.6 is 35.0 Å². The lowest BCUT2D eigenvalue weighted by Crippen LogP contribution is -2.42. The number of rotatable bonds is 7.